The highest BCUT2D eigenvalue weighted by molar-refractivity contribution is 5.97. The smallest absolute Gasteiger partial charge is 0.253 e. The molecule has 0 aliphatic carbocycles. The molecule has 2 amide bonds. The van der Waals surface area contributed by atoms with Crippen LogP contribution in [-0.4, -0.2) is 47.8 Å². The van der Waals surface area contributed by atoms with Gasteiger partial charge in [-0.25, -0.2) is 0 Å². The molecule has 0 N–H and O–H groups in total. The number of carbonyl (C=O) groups excluding carboxylic acids is 2. The number of nitrogens with zero attached hydrogens (tertiary/aromatic N) is 2. The van der Waals surface area contributed by atoms with Gasteiger partial charge in [0.05, 0.1) is 0 Å². The fourth-order valence-corrected chi connectivity index (χ4v) is 3.31. The summed E-state index contributed by atoms with van der Waals surface area (Å²) in [6.07, 6.45) is 6.81. The standard InChI is InChI=1S/C18H24N2O2/c21-17(19-11-3-1-2-4-12-19)15-7-9-16(10-8-15)18(22)20-13-5-6-14-20/h7-10H,1-6,11-14H2. The molecule has 2 heterocycles. The summed E-state index contributed by atoms with van der Waals surface area (Å²) in [6, 6.07) is 7.20. The topological polar surface area (TPSA) is 40.6 Å². The highest BCUT2D eigenvalue weighted by atomic mass is 16.2. The molecular weight excluding hydrogens is 276 g/mol. The first-order valence-electron chi connectivity index (χ1n) is 8.44. The molecule has 0 spiro atoms. The van der Waals surface area contributed by atoms with Crippen LogP contribution in [0.5, 0.6) is 0 Å². The van der Waals surface area contributed by atoms with Crippen LogP contribution in [0.15, 0.2) is 24.3 Å². The lowest BCUT2D eigenvalue weighted by Gasteiger charge is -2.20. The first-order valence-corrected chi connectivity index (χ1v) is 8.44. The number of rotatable bonds is 2. The van der Waals surface area contributed by atoms with Gasteiger partial charge < -0.3 is 9.80 Å². The molecule has 0 unspecified atom stereocenters. The molecule has 118 valence electrons. The Morgan fingerprint density at radius 3 is 1.27 bits per heavy atom. The van der Waals surface area contributed by atoms with Crippen LogP contribution in [-0.2, 0) is 0 Å². The molecule has 4 heteroatoms. The Hall–Kier alpha value is -1.84. The molecule has 4 nitrogen and oxygen atoms in total. The predicted molar refractivity (Wildman–Crippen MR) is 86.0 cm³/mol. The van der Waals surface area contributed by atoms with E-state index in [1.54, 1.807) is 24.3 Å². The highest BCUT2D eigenvalue weighted by Crippen LogP contribution is 2.16. The van der Waals surface area contributed by atoms with Crippen LogP contribution in [0.2, 0.25) is 0 Å². The summed E-state index contributed by atoms with van der Waals surface area (Å²) in [4.78, 5) is 28.7. The zero-order chi connectivity index (χ0) is 15.4. The minimum Gasteiger partial charge on any atom is -0.339 e. The molecule has 2 fully saturated rings. The lowest BCUT2D eigenvalue weighted by atomic mass is 10.1. The van der Waals surface area contributed by atoms with Crippen molar-refractivity contribution in [3.63, 3.8) is 0 Å². The lowest BCUT2D eigenvalue weighted by molar-refractivity contribution is 0.0757. The van der Waals surface area contributed by atoms with Crippen LogP contribution >= 0.6 is 0 Å². The number of hydrogen-bond acceptors (Lipinski definition) is 2. The first kappa shape index (κ1) is 15.1. The average molecular weight is 300 g/mol. The lowest BCUT2D eigenvalue weighted by Crippen LogP contribution is -2.32. The Morgan fingerprint density at radius 1 is 0.591 bits per heavy atom. The number of amides is 2. The van der Waals surface area contributed by atoms with Gasteiger partial charge in [-0.3, -0.25) is 9.59 Å². The zero-order valence-corrected chi connectivity index (χ0v) is 13.1. The maximum absolute atomic E-state index is 12.5. The van der Waals surface area contributed by atoms with Gasteiger partial charge in [0.1, 0.15) is 0 Å². The van der Waals surface area contributed by atoms with Crippen molar-refractivity contribution in [1.82, 2.24) is 9.80 Å². The van der Waals surface area contributed by atoms with E-state index in [0.29, 0.717) is 11.1 Å². The van der Waals surface area contributed by atoms with Crippen molar-refractivity contribution in [3.8, 4) is 0 Å². The van der Waals surface area contributed by atoms with Crippen LogP contribution in [0.1, 0.15) is 59.2 Å². The maximum atomic E-state index is 12.5. The molecule has 22 heavy (non-hydrogen) atoms. The summed E-state index contributed by atoms with van der Waals surface area (Å²) in [5, 5.41) is 0. The second-order valence-corrected chi connectivity index (χ2v) is 6.28. The van der Waals surface area contributed by atoms with Gasteiger partial charge in [-0.05, 0) is 49.9 Å². The van der Waals surface area contributed by atoms with Crippen molar-refractivity contribution in [3.05, 3.63) is 35.4 Å². The predicted octanol–water partition coefficient (Wildman–Crippen LogP) is 2.94. The average Bonchev–Trinajstić information content (AvgIpc) is 2.96. The molecule has 0 radical (unpaired) electrons. The Bertz CT molecular complexity index is 525. The molecule has 1 aromatic rings. The van der Waals surface area contributed by atoms with E-state index in [-0.39, 0.29) is 11.8 Å². The monoisotopic (exact) mass is 300 g/mol. The number of likely N-dealkylation sites (tertiary alicyclic amines) is 2. The minimum absolute atomic E-state index is 0.0891. The summed E-state index contributed by atoms with van der Waals surface area (Å²) >= 11 is 0. The number of hydrogen-bond donors (Lipinski definition) is 0. The molecule has 2 saturated heterocycles. The normalized spacial score (nSPS) is 19.1. The third kappa shape index (κ3) is 3.32. The van der Waals surface area contributed by atoms with Gasteiger partial charge in [-0.1, -0.05) is 12.8 Å². The van der Waals surface area contributed by atoms with E-state index < -0.39 is 0 Å². The largest absolute Gasteiger partial charge is 0.339 e. The zero-order valence-electron chi connectivity index (χ0n) is 13.1. The first-order chi connectivity index (χ1) is 10.8. The van der Waals surface area contributed by atoms with Gasteiger partial charge >= 0.3 is 0 Å². The number of carbonyl (C=O) groups is 2. The molecule has 0 saturated carbocycles. The molecule has 0 bridgehead atoms. The Labute approximate surface area is 132 Å². The van der Waals surface area contributed by atoms with Gasteiger partial charge in [0.15, 0.2) is 0 Å². The molecule has 2 aliphatic heterocycles. The van der Waals surface area contributed by atoms with Crippen molar-refractivity contribution in [1.29, 1.82) is 0 Å². The van der Waals surface area contributed by atoms with E-state index in [1.165, 1.54) is 12.8 Å². The fraction of sp³-hybridized carbons (Fsp3) is 0.556. The van der Waals surface area contributed by atoms with Gasteiger partial charge in [-0.15, -0.1) is 0 Å². The van der Waals surface area contributed by atoms with Crippen molar-refractivity contribution in [2.75, 3.05) is 26.2 Å². The molecular formula is C18H24N2O2. The van der Waals surface area contributed by atoms with Crippen molar-refractivity contribution in [2.24, 2.45) is 0 Å². The summed E-state index contributed by atoms with van der Waals surface area (Å²) in [5.41, 5.74) is 1.38. The Morgan fingerprint density at radius 2 is 0.909 bits per heavy atom. The maximum Gasteiger partial charge on any atom is 0.253 e. The molecule has 1 aromatic carbocycles. The van der Waals surface area contributed by atoms with Crippen LogP contribution in [0.4, 0.5) is 0 Å². The second kappa shape index (κ2) is 6.95. The van der Waals surface area contributed by atoms with Crippen LogP contribution in [0.25, 0.3) is 0 Å². The fourth-order valence-electron chi connectivity index (χ4n) is 3.31. The van der Waals surface area contributed by atoms with E-state index in [9.17, 15) is 9.59 Å². The molecule has 0 atom stereocenters. The summed E-state index contributed by atoms with van der Waals surface area (Å²) in [6.45, 7) is 3.42. The third-order valence-electron chi connectivity index (χ3n) is 4.67. The second-order valence-electron chi connectivity index (χ2n) is 6.28. The summed E-state index contributed by atoms with van der Waals surface area (Å²) < 4.78 is 0. The van der Waals surface area contributed by atoms with E-state index >= 15 is 0 Å². The molecule has 3 rings (SSSR count). The van der Waals surface area contributed by atoms with E-state index in [4.69, 9.17) is 0 Å². The highest BCUT2D eigenvalue weighted by Gasteiger charge is 2.21. The molecule has 0 aromatic heterocycles. The quantitative estimate of drug-likeness (QED) is 0.842. The third-order valence-corrected chi connectivity index (χ3v) is 4.67. The van der Waals surface area contributed by atoms with E-state index in [1.807, 2.05) is 9.80 Å². The molecule has 2 aliphatic rings. The van der Waals surface area contributed by atoms with Crippen LogP contribution in [0.3, 0.4) is 0 Å². The van der Waals surface area contributed by atoms with Crippen LogP contribution < -0.4 is 0 Å². The van der Waals surface area contributed by atoms with Gasteiger partial charge in [-0.2, -0.15) is 0 Å². The van der Waals surface area contributed by atoms with E-state index in [2.05, 4.69) is 0 Å². The van der Waals surface area contributed by atoms with Gasteiger partial charge in [0.2, 0.25) is 0 Å². The van der Waals surface area contributed by atoms with Crippen molar-refractivity contribution in [2.45, 2.75) is 38.5 Å². The Balaban J connectivity index is 1.67. The minimum atomic E-state index is 0.0891. The SMILES string of the molecule is O=C(c1ccc(C(=O)N2CCCC2)cc1)N1CCCCCC1. The Kier molecular flexibility index (Phi) is 4.76. The summed E-state index contributed by atoms with van der Waals surface area (Å²) in [5.74, 6) is 0.188. The summed E-state index contributed by atoms with van der Waals surface area (Å²) in [7, 11) is 0. The van der Waals surface area contributed by atoms with Gasteiger partial charge in [0.25, 0.3) is 11.8 Å². The van der Waals surface area contributed by atoms with Crippen molar-refractivity contribution >= 4 is 11.8 Å². The van der Waals surface area contributed by atoms with Gasteiger partial charge in [0, 0.05) is 37.3 Å². The van der Waals surface area contributed by atoms with Crippen LogP contribution in [0, 0.1) is 0 Å². The van der Waals surface area contributed by atoms with E-state index in [0.717, 1.165) is 51.9 Å². The number of benzene rings is 1. The van der Waals surface area contributed by atoms with Crippen molar-refractivity contribution < 1.29 is 9.59 Å².